The Morgan fingerprint density at radius 1 is 0.850 bits per heavy atom. The van der Waals surface area contributed by atoms with Gasteiger partial charge in [0.1, 0.15) is 11.5 Å². The fourth-order valence-electron chi connectivity index (χ4n) is 7.69. The van der Waals surface area contributed by atoms with Crippen molar-refractivity contribution in [3.8, 4) is 11.5 Å². The summed E-state index contributed by atoms with van der Waals surface area (Å²) in [7, 11) is 3.52. The van der Waals surface area contributed by atoms with Gasteiger partial charge in [0.15, 0.2) is 0 Å². The molecule has 4 heteroatoms. The molecule has 2 atom stereocenters. The monoisotopic (exact) mass is 530 g/mol. The number of hydrogen-bond acceptors (Lipinski definition) is 2. The minimum Gasteiger partial charge on any atom is -0.497 e. The lowest BCUT2D eigenvalue weighted by molar-refractivity contribution is 0.415. The first-order valence-corrected chi connectivity index (χ1v) is 14.4. The van der Waals surface area contributed by atoms with Crippen LogP contribution in [0.4, 0.5) is 0 Å². The zero-order valence-electron chi connectivity index (χ0n) is 24.9. The third kappa shape index (κ3) is 3.38. The summed E-state index contributed by atoms with van der Waals surface area (Å²) in [4.78, 5) is 3.66. The lowest BCUT2D eigenvalue weighted by atomic mass is 9.85. The van der Waals surface area contributed by atoms with E-state index in [4.69, 9.17) is 9.47 Å². The van der Waals surface area contributed by atoms with Gasteiger partial charge in [0.2, 0.25) is 0 Å². The lowest BCUT2D eigenvalue weighted by Crippen LogP contribution is -2.06. The van der Waals surface area contributed by atoms with Crippen molar-refractivity contribution in [2.75, 3.05) is 14.2 Å². The molecule has 0 spiro atoms. The van der Waals surface area contributed by atoms with Crippen LogP contribution in [-0.4, -0.2) is 23.8 Å². The Morgan fingerprint density at radius 3 is 2.35 bits per heavy atom. The largest absolute Gasteiger partial charge is 0.497 e. The average Bonchev–Trinajstić information content (AvgIpc) is 3.60. The molecule has 0 fully saturated rings. The quantitative estimate of drug-likeness (QED) is 0.241. The van der Waals surface area contributed by atoms with Crippen LogP contribution >= 0.6 is 0 Å². The van der Waals surface area contributed by atoms with E-state index in [-0.39, 0.29) is 0 Å². The number of aromatic amines is 1. The van der Waals surface area contributed by atoms with Crippen LogP contribution in [0.3, 0.4) is 0 Å². The van der Waals surface area contributed by atoms with Gasteiger partial charge in [-0.05, 0) is 123 Å². The molecule has 2 unspecified atom stereocenters. The van der Waals surface area contributed by atoms with E-state index in [1.165, 1.54) is 77.0 Å². The highest BCUT2D eigenvalue weighted by Gasteiger charge is 2.28. The fourth-order valence-corrected chi connectivity index (χ4v) is 7.69. The molecule has 40 heavy (non-hydrogen) atoms. The minimum atomic E-state index is 0.377. The van der Waals surface area contributed by atoms with E-state index in [9.17, 15) is 0 Å². The average molecular weight is 531 g/mol. The summed E-state index contributed by atoms with van der Waals surface area (Å²) in [6, 6.07) is 16.1. The van der Waals surface area contributed by atoms with Crippen LogP contribution in [0.15, 0.2) is 42.5 Å². The van der Waals surface area contributed by atoms with Crippen molar-refractivity contribution in [3.05, 3.63) is 81.4 Å². The molecule has 0 amide bonds. The van der Waals surface area contributed by atoms with Crippen molar-refractivity contribution in [2.45, 2.75) is 66.3 Å². The third-order valence-corrected chi connectivity index (χ3v) is 9.60. The second-order valence-corrected chi connectivity index (χ2v) is 12.1. The molecule has 1 N–H and O–H groups in total. The number of nitrogens with one attached hydrogen (secondary N) is 1. The predicted octanol–water partition coefficient (Wildman–Crippen LogP) is 9.14. The maximum absolute atomic E-state index is 5.75. The molecule has 6 aromatic rings. The van der Waals surface area contributed by atoms with Gasteiger partial charge in [0.05, 0.1) is 25.3 Å². The number of rotatable bonds is 5. The molecule has 4 aromatic carbocycles. The van der Waals surface area contributed by atoms with Crippen molar-refractivity contribution in [1.82, 2.24) is 9.55 Å². The van der Waals surface area contributed by atoms with Crippen LogP contribution in [0.2, 0.25) is 0 Å². The molecule has 204 valence electrons. The van der Waals surface area contributed by atoms with Crippen LogP contribution in [0.25, 0.3) is 43.6 Å². The van der Waals surface area contributed by atoms with Crippen LogP contribution in [-0.2, 0) is 12.8 Å². The number of H-pyrrole nitrogens is 1. The van der Waals surface area contributed by atoms with Gasteiger partial charge in [-0.1, -0.05) is 19.1 Å². The van der Waals surface area contributed by atoms with E-state index in [1.807, 2.05) is 6.07 Å². The van der Waals surface area contributed by atoms with Gasteiger partial charge >= 0.3 is 0 Å². The Morgan fingerprint density at radius 2 is 1.60 bits per heavy atom. The standard InChI is InChI=1S/C36H38N2O2/c1-18(11-24-12-19(2)34-32(22(24)5)29-16-26(39-7)9-10-31(29)37-34)28-13-20(3)35-33(23(28)6)30-17-27(40-8)15-25-14-21(4)38(35)36(25)30/h9-10,12-13,15-18,21,37H,11,14H2,1-8H3. The van der Waals surface area contributed by atoms with Crippen molar-refractivity contribution in [2.24, 2.45) is 0 Å². The topological polar surface area (TPSA) is 39.2 Å². The van der Waals surface area contributed by atoms with Crippen molar-refractivity contribution in [1.29, 1.82) is 0 Å². The van der Waals surface area contributed by atoms with E-state index in [0.29, 0.717) is 12.0 Å². The van der Waals surface area contributed by atoms with Gasteiger partial charge in [-0.15, -0.1) is 0 Å². The Bertz CT molecular complexity index is 2010. The maximum atomic E-state index is 5.75. The summed E-state index contributed by atoms with van der Waals surface area (Å²) in [6.45, 7) is 13.9. The molecule has 2 aromatic heterocycles. The second-order valence-electron chi connectivity index (χ2n) is 12.1. The minimum absolute atomic E-state index is 0.377. The predicted molar refractivity (Wildman–Crippen MR) is 168 cm³/mol. The number of benzene rings is 4. The van der Waals surface area contributed by atoms with Crippen LogP contribution < -0.4 is 9.47 Å². The van der Waals surface area contributed by atoms with E-state index >= 15 is 0 Å². The summed E-state index contributed by atoms with van der Waals surface area (Å²) in [5.41, 5.74) is 14.9. The Balaban J connectivity index is 1.39. The zero-order chi connectivity index (χ0) is 28.0. The summed E-state index contributed by atoms with van der Waals surface area (Å²) in [5.74, 6) is 2.23. The second kappa shape index (κ2) is 8.79. The van der Waals surface area contributed by atoms with Crippen LogP contribution in [0, 0.1) is 27.7 Å². The first-order valence-electron chi connectivity index (χ1n) is 14.4. The van der Waals surface area contributed by atoms with Gasteiger partial charge in [0.25, 0.3) is 0 Å². The summed E-state index contributed by atoms with van der Waals surface area (Å²) in [6.07, 6.45) is 2.06. The molecule has 0 aliphatic carbocycles. The first-order chi connectivity index (χ1) is 19.2. The summed E-state index contributed by atoms with van der Waals surface area (Å²) >= 11 is 0. The highest BCUT2D eigenvalue weighted by Crippen LogP contribution is 2.46. The van der Waals surface area contributed by atoms with E-state index < -0.39 is 0 Å². The zero-order valence-corrected chi connectivity index (χ0v) is 24.9. The van der Waals surface area contributed by atoms with Gasteiger partial charge in [-0.3, -0.25) is 0 Å². The fraction of sp³-hybridized carbons (Fsp3) is 0.333. The Hall–Kier alpha value is -3.92. The van der Waals surface area contributed by atoms with Crippen LogP contribution in [0.1, 0.15) is 64.8 Å². The van der Waals surface area contributed by atoms with Crippen molar-refractivity contribution in [3.63, 3.8) is 0 Å². The Labute approximate surface area is 235 Å². The molecule has 7 rings (SSSR count). The van der Waals surface area contributed by atoms with E-state index in [1.54, 1.807) is 14.2 Å². The molecule has 1 aliphatic heterocycles. The number of methoxy groups -OCH3 is 2. The van der Waals surface area contributed by atoms with E-state index in [0.717, 1.165) is 29.9 Å². The van der Waals surface area contributed by atoms with E-state index in [2.05, 4.69) is 87.5 Å². The molecule has 0 bridgehead atoms. The number of aromatic nitrogens is 2. The van der Waals surface area contributed by atoms with Gasteiger partial charge in [0, 0.05) is 38.6 Å². The molecule has 0 saturated heterocycles. The highest BCUT2D eigenvalue weighted by atomic mass is 16.5. The molecule has 1 aliphatic rings. The SMILES string of the molecule is COc1ccc2[nH]c3c(C)cc(CC(C)c4cc(C)c5c(c4C)c4cc(OC)cc6c4n5C(C)C6)c(C)c3c2c1. The normalized spacial score (nSPS) is 15.7. The number of aryl methyl sites for hydroxylation is 4. The molecular formula is C36H38N2O2. The summed E-state index contributed by atoms with van der Waals surface area (Å²) in [5, 5.41) is 5.29. The van der Waals surface area contributed by atoms with Gasteiger partial charge in [-0.25, -0.2) is 0 Å². The number of nitrogens with zero attached hydrogens (tertiary/aromatic N) is 1. The molecule has 0 radical (unpaired) electrons. The van der Waals surface area contributed by atoms with Gasteiger partial charge in [-0.2, -0.15) is 0 Å². The molecule has 4 nitrogen and oxygen atoms in total. The number of fused-ring (bicyclic) bond motifs is 6. The van der Waals surface area contributed by atoms with Crippen molar-refractivity contribution < 1.29 is 9.47 Å². The molecule has 0 saturated carbocycles. The Kier molecular flexibility index (Phi) is 5.51. The van der Waals surface area contributed by atoms with Crippen LogP contribution in [0.5, 0.6) is 11.5 Å². The molecular weight excluding hydrogens is 492 g/mol. The smallest absolute Gasteiger partial charge is 0.119 e. The van der Waals surface area contributed by atoms with Gasteiger partial charge < -0.3 is 19.0 Å². The maximum Gasteiger partial charge on any atom is 0.119 e. The number of hydrogen-bond donors (Lipinski definition) is 1. The lowest BCUT2D eigenvalue weighted by Gasteiger charge is -2.20. The van der Waals surface area contributed by atoms with Crippen molar-refractivity contribution >= 4 is 43.6 Å². The summed E-state index contributed by atoms with van der Waals surface area (Å²) < 4.78 is 13.9. The first kappa shape index (κ1) is 25.1. The molecule has 3 heterocycles. The highest BCUT2D eigenvalue weighted by molar-refractivity contribution is 6.13. The third-order valence-electron chi connectivity index (χ3n) is 9.60. The number of ether oxygens (including phenoxy) is 2.